The zero-order chi connectivity index (χ0) is 15.1. The van der Waals surface area contributed by atoms with Crippen molar-refractivity contribution in [3.63, 3.8) is 0 Å². The van der Waals surface area contributed by atoms with Gasteiger partial charge in [-0.1, -0.05) is 12.8 Å². The molecule has 2 N–H and O–H groups in total. The molecule has 2 heterocycles. The molecule has 1 saturated carbocycles. The summed E-state index contributed by atoms with van der Waals surface area (Å²) in [6.07, 6.45) is 11.4. The molecule has 0 radical (unpaired) electrons. The van der Waals surface area contributed by atoms with Crippen LogP contribution in [0.2, 0.25) is 0 Å². The van der Waals surface area contributed by atoms with Crippen molar-refractivity contribution >= 4 is 5.91 Å². The first-order chi connectivity index (χ1) is 10.7. The largest absolute Gasteiger partial charge is 0.348 e. The molecule has 22 heavy (non-hydrogen) atoms. The second-order valence-electron chi connectivity index (χ2n) is 7.23. The van der Waals surface area contributed by atoms with Gasteiger partial charge in [0.05, 0.1) is 18.3 Å². The van der Waals surface area contributed by atoms with Gasteiger partial charge in [-0.2, -0.15) is 5.10 Å². The predicted molar refractivity (Wildman–Crippen MR) is 84.3 cm³/mol. The lowest BCUT2D eigenvalue weighted by molar-refractivity contribution is -0.123. The van der Waals surface area contributed by atoms with Crippen LogP contribution in [-0.2, 0) is 18.3 Å². The maximum atomic E-state index is 12.7. The van der Waals surface area contributed by atoms with Crippen LogP contribution in [0, 0.1) is 5.92 Å². The van der Waals surface area contributed by atoms with Crippen molar-refractivity contribution in [2.24, 2.45) is 13.0 Å². The Morgan fingerprint density at radius 3 is 3.05 bits per heavy atom. The van der Waals surface area contributed by atoms with E-state index in [4.69, 9.17) is 0 Å². The topological polar surface area (TPSA) is 59.0 Å². The van der Waals surface area contributed by atoms with Crippen LogP contribution in [0.15, 0.2) is 6.20 Å². The molecule has 1 saturated heterocycles. The summed E-state index contributed by atoms with van der Waals surface area (Å²) in [6.45, 7) is 0. The average Bonchev–Trinajstić information content (AvgIpc) is 3.12. The molecule has 0 aromatic carbocycles. The van der Waals surface area contributed by atoms with Crippen LogP contribution in [-0.4, -0.2) is 27.8 Å². The molecule has 2 fully saturated rings. The molecule has 1 aromatic rings. The standard InChI is InChI=1S/C17H26N4O/c1-21-16-8-4-7-14(12(16)10-18-21)20-17(22)15-9-11-5-2-3-6-13(11)19-15/h10-11,13-15,19H,2-9H2,1H3,(H,20,22). The molecule has 0 bridgehead atoms. The minimum atomic E-state index is 0.00940. The molecular formula is C17H26N4O. The fourth-order valence-corrected chi connectivity index (χ4v) is 4.65. The van der Waals surface area contributed by atoms with E-state index in [1.807, 2.05) is 17.9 Å². The quantitative estimate of drug-likeness (QED) is 0.876. The number of carbonyl (C=O) groups excluding carboxylic acids is 1. The van der Waals surface area contributed by atoms with Crippen LogP contribution in [0.3, 0.4) is 0 Å². The summed E-state index contributed by atoms with van der Waals surface area (Å²) in [4.78, 5) is 12.7. The Labute approximate surface area is 131 Å². The van der Waals surface area contributed by atoms with Gasteiger partial charge < -0.3 is 10.6 Å². The van der Waals surface area contributed by atoms with Crippen molar-refractivity contribution in [3.05, 3.63) is 17.5 Å². The van der Waals surface area contributed by atoms with Crippen molar-refractivity contribution in [3.8, 4) is 0 Å². The molecule has 5 nitrogen and oxygen atoms in total. The Hall–Kier alpha value is -1.36. The molecule has 1 amide bonds. The van der Waals surface area contributed by atoms with E-state index in [1.165, 1.54) is 36.9 Å². The number of hydrogen-bond acceptors (Lipinski definition) is 3. The molecule has 5 heteroatoms. The van der Waals surface area contributed by atoms with Crippen LogP contribution in [0.25, 0.3) is 0 Å². The number of fused-ring (bicyclic) bond motifs is 2. The van der Waals surface area contributed by atoms with Gasteiger partial charge in [0, 0.05) is 24.3 Å². The second-order valence-corrected chi connectivity index (χ2v) is 7.23. The zero-order valence-corrected chi connectivity index (χ0v) is 13.3. The Balaban J connectivity index is 1.43. The van der Waals surface area contributed by atoms with E-state index in [1.54, 1.807) is 0 Å². The highest BCUT2D eigenvalue weighted by molar-refractivity contribution is 5.82. The van der Waals surface area contributed by atoms with Gasteiger partial charge in [-0.25, -0.2) is 0 Å². The minimum Gasteiger partial charge on any atom is -0.348 e. The number of amides is 1. The SMILES string of the molecule is Cn1ncc2c1CCCC2NC(=O)C1CC2CCCCC2N1. The number of rotatable bonds is 2. The van der Waals surface area contributed by atoms with Crippen molar-refractivity contribution in [1.29, 1.82) is 0 Å². The summed E-state index contributed by atoms with van der Waals surface area (Å²) in [5, 5.41) is 11.2. The second kappa shape index (κ2) is 5.69. The van der Waals surface area contributed by atoms with Crippen LogP contribution in [0.4, 0.5) is 0 Å². The van der Waals surface area contributed by atoms with Gasteiger partial charge in [-0.15, -0.1) is 0 Å². The average molecular weight is 302 g/mol. The van der Waals surface area contributed by atoms with Gasteiger partial charge in [0.1, 0.15) is 0 Å². The summed E-state index contributed by atoms with van der Waals surface area (Å²) in [6, 6.07) is 0.731. The lowest BCUT2D eigenvalue weighted by atomic mass is 9.85. The number of aromatic nitrogens is 2. The highest BCUT2D eigenvalue weighted by atomic mass is 16.2. The number of nitrogens with one attached hydrogen (secondary N) is 2. The molecule has 4 atom stereocenters. The first kappa shape index (κ1) is 14.2. The third kappa shape index (κ3) is 2.45. The first-order valence-electron chi connectivity index (χ1n) is 8.79. The summed E-state index contributed by atoms with van der Waals surface area (Å²) in [7, 11) is 1.99. The third-order valence-corrected chi connectivity index (χ3v) is 5.87. The lowest BCUT2D eigenvalue weighted by Gasteiger charge is -2.25. The van der Waals surface area contributed by atoms with Gasteiger partial charge in [0.25, 0.3) is 0 Å². The predicted octanol–water partition coefficient (Wildman–Crippen LogP) is 1.83. The summed E-state index contributed by atoms with van der Waals surface area (Å²) >= 11 is 0. The fourth-order valence-electron chi connectivity index (χ4n) is 4.65. The summed E-state index contributed by atoms with van der Waals surface area (Å²) in [5.41, 5.74) is 2.50. The number of hydrogen-bond donors (Lipinski definition) is 2. The fraction of sp³-hybridized carbons (Fsp3) is 0.765. The van der Waals surface area contributed by atoms with Crippen molar-refractivity contribution in [2.45, 2.75) is 69.5 Å². The molecular weight excluding hydrogens is 276 g/mol. The Bertz CT molecular complexity index is 553. The Morgan fingerprint density at radius 2 is 2.18 bits per heavy atom. The van der Waals surface area contributed by atoms with Gasteiger partial charge in [0.15, 0.2) is 0 Å². The molecule has 1 aliphatic heterocycles. The molecule has 4 rings (SSSR count). The molecule has 0 spiro atoms. The van der Waals surface area contributed by atoms with E-state index in [2.05, 4.69) is 15.7 Å². The molecule has 120 valence electrons. The van der Waals surface area contributed by atoms with Gasteiger partial charge in [-0.3, -0.25) is 9.48 Å². The third-order valence-electron chi connectivity index (χ3n) is 5.87. The van der Waals surface area contributed by atoms with E-state index in [0.29, 0.717) is 12.0 Å². The normalized spacial score (nSPS) is 34.0. The smallest absolute Gasteiger partial charge is 0.237 e. The maximum Gasteiger partial charge on any atom is 0.237 e. The molecule has 3 aliphatic rings. The summed E-state index contributed by atoms with van der Waals surface area (Å²) in [5.74, 6) is 0.904. The highest BCUT2D eigenvalue weighted by Gasteiger charge is 2.39. The van der Waals surface area contributed by atoms with E-state index in [9.17, 15) is 4.79 Å². The van der Waals surface area contributed by atoms with Crippen LogP contribution in [0.5, 0.6) is 0 Å². The van der Waals surface area contributed by atoms with E-state index in [0.717, 1.165) is 25.7 Å². The zero-order valence-electron chi connectivity index (χ0n) is 13.3. The van der Waals surface area contributed by atoms with Crippen molar-refractivity contribution in [2.75, 3.05) is 0 Å². The number of aryl methyl sites for hydroxylation is 1. The molecule has 1 aromatic heterocycles. The molecule has 2 aliphatic carbocycles. The Morgan fingerprint density at radius 1 is 1.32 bits per heavy atom. The van der Waals surface area contributed by atoms with Crippen LogP contribution in [0.1, 0.15) is 62.2 Å². The lowest BCUT2D eigenvalue weighted by Crippen LogP contribution is -2.44. The maximum absolute atomic E-state index is 12.7. The van der Waals surface area contributed by atoms with Gasteiger partial charge >= 0.3 is 0 Å². The number of nitrogens with zero attached hydrogens (tertiary/aromatic N) is 2. The number of carbonyl (C=O) groups is 1. The highest BCUT2D eigenvalue weighted by Crippen LogP contribution is 2.34. The van der Waals surface area contributed by atoms with E-state index < -0.39 is 0 Å². The van der Waals surface area contributed by atoms with Gasteiger partial charge in [-0.05, 0) is 44.4 Å². The van der Waals surface area contributed by atoms with Crippen molar-refractivity contribution < 1.29 is 4.79 Å². The van der Waals surface area contributed by atoms with Crippen molar-refractivity contribution in [1.82, 2.24) is 20.4 Å². The minimum absolute atomic E-state index is 0.00940. The van der Waals surface area contributed by atoms with E-state index >= 15 is 0 Å². The summed E-state index contributed by atoms with van der Waals surface area (Å²) < 4.78 is 1.95. The van der Waals surface area contributed by atoms with E-state index in [-0.39, 0.29) is 18.0 Å². The van der Waals surface area contributed by atoms with Crippen LogP contribution >= 0.6 is 0 Å². The first-order valence-corrected chi connectivity index (χ1v) is 8.79. The van der Waals surface area contributed by atoms with Crippen LogP contribution < -0.4 is 10.6 Å². The Kier molecular flexibility index (Phi) is 3.68. The van der Waals surface area contributed by atoms with Gasteiger partial charge in [0.2, 0.25) is 5.91 Å². The monoisotopic (exact) mass is 302 g/mol. The molecule has 4 unspecified atom stereocenters.